The van der Waals surface area contributed by atoms with E-state index in [-0.39, 0.29) is 34.3 Å². The molecular formula is C10H15ClN2O4S2. The van der Waals surface area contributed by atoms with Crippen molar-refractivity contribution < 1.29 is 16.8 Å². The number of nitrogen functional groups attached to an aromatic ring is 1. The molecule has 1 aromatic carbocycles. The fourth-order valence-electron chi connectivity index (χ4n) is 1.30. The van der Waals surface area contributed by atoms with E-state index in [2.05, 4.69) is 4.72 Å². The molecule has 108 valence electrons. The van der Waals surface area contributed by atoms with Crippen LogP contribution >= 0.6 is 11.6 Å². The standard InChI is InChI=1S/C10H15ClN2O4S2/c1-18(14,15)6-2-5-13-19(16,17)8-3-4-10(12)9(11)7-8/h3-4,7,13H,2,5-6,12H2,1H3. The van der Waals surface area contributed by atoms with Crippen LogP contribution in [0.25, 0.3) is 0 Å². The Morgan fingerprint density at radius 2 is 1.89 bits per heavy atom. The van der Waals surface area contributed by atoms with Crippen molar-refractivity contribution in [1.82, 2.24) is 4.72 Å². The smallest absolute Gasteiger partial charge is 0.240 e. The Morgan fingerprint density at radius 1 is 1.26 bits per heavy atom. The minimum Gasteiger partial charge on any atom is -0.398 e. The molecule has 3 N–H and O–H groups in total. The van der Waals surface area contributed by atoms with Gasteiger partial charge in [-0.1, -0.05) is 11.6 Å². The number of halogens is 1. The number of nitrogens with one attached hydrogen (secondary N) is 1. The van der Waals surface area contributed by atoms with Crippen molar-refractivity contribution in [1.29, 1.82) is 0 Å². The van der Waals surface area contributed by atoms with Crippen molar-refractivity contribution in [2.45, 2.75) is 11.3 Å². The number of anilines is 1. The molecule has 0 bridgehead atoms. The Morgan fingerprint density at radius 3 is 2.42 bits per heavy atom. The van der Waals surface area contributed by atoms with Crippen molar-refractivity contribution in [3.05, 3.63) is 23.2 Å². The maximum atomic E-state index is 11.9. The maximum Gasteiger partial charge on any atom is 0.240 e. The van der Waals surface area contributed by atoms with Gasteiger partial charge in [0, 0.05) is 12.8 Å². The summed E-state index contributed by atoms with van der Waals surface area (Å²) in [7, 11) is -6.79. The molecular weight excluding hydrogens is 312 g/mol. The van der Waals surface area contributed by atoms with Crippen LogP contribution in [-0.2, 0) is 19.9 Å². The van der Waals surface area contributed by atoms with E-state index in [9.17, 15) is 16.8 Å². The molecule has 0 fully saturated rings. The van der Waals surface area contributed by atoms with E-state index in [0.29, 0.717) is 0 Å². The molecule has 0 radical (unpaired) electrons. The Balaban J connectivity index is 2.68. The highest BCUT2D eigenvalue weighted by molar-refractivity contribution is 7.90. The molecule has 0 aliphatic heterocycles. The molecule has 0 atom stereocenters. The fraction of sp³-hybridized carbons (Fsp3) is 0.400. The largest absolute Gasteiger partial charge is 0.398 e. The minimum absolute atomic E-state index is 0.00828. The SMILES string of the molecule is CS(=O)(=O)CCCNS(=O)(=O)c1ccc(N)c(Cl)c1. The lowest BCUT2D eigenvalue weighted by atomic mass is 10.3. The van der Waals surface area contributed by atoms with E-state index < -0.39 is 19.9 Å². The molecule has 0 saturated carbocycles. The number of sulfonamides is 1. The van der Waals surface area contributed by atoms with Crippen molar-refractivity contribution in [2.75, 3.05) is 24.3 Å². The number of rotatable bonds is 6. The molecule has 0 heterocycles. The van der Waals surface area contributed by atoms with Crippen LogP contribution in [0.15, 0.2) is 23.1 Å². The lowest BCUT2D eigenvalue weighted by Gasteiger charge is -2.07. The monoisotopic (exact) mass is 326 g/mol. The highest BCUT2D eigenvalue weighted by Gasteiger charge is 2.15. The lowest BCUT2D eigenvalue weighted by Crippen LogP contribution is -2.26. The molecule has 1 rings (SSSR count). The number of benzene rings is 1. The second-order valence-corrected chi connectivity index (χ2v) is 8.50. The fourth-order valence-corrected chi connectivity index (χ4v) is 3.31. The molecule has 0 unspecified atom stereocenters. The third-order valence-corrected chi connectivity index (χ3v) is 5.08. The average Bonchev–Trinajstić information content (AvgIpc) is 2.27. The first-order chi connectivity index (χ1) is 8.62. The van der Waals surface area contributed by atoms with Crippen LogP contribution in [0.2, 0.25) is 5.02 Å². The quantitative estimate of drug-likeness (QED) is 0.589. The van der Waals surface area contributed by atoms with E-state index >= 15 is 0 Å². The van der Waals surface area contributed by atoms with Crippen molar-refractivity contribution >= 4 is 37.1 Å². The number of hydrogen-bond acceptors (Lipinski definition) is 5. The van der Waals surface area contributed by atoms with Gasteiger partial charge in [0.15, 0.2) is 0 Å². The van der Waals surface area contributed by atoms with Gasteiger partial charge in [-0.25, -0.2) is 21.6 Å². The summed E-state index contributed by atoms with van der Waals surface area (Å²) in [6.07, 6.45) is 1.31. The Labute approximate surface area is 117 Å². The Hall–Kier alpha value is -0.830. The zero-order chi connectivity index (χ0) is 14.7. The van der Waals surface area contributed by atoms with Crippen LogP contribution in [0.3, 0.4) is 0 Å². The van der Waals surface area contributed by atoms with E-state index in [1.807, 2.05) is 0 Å². The second kappa shape index (κ2) is 6.08. The number of sulfone groups is 1. The molecule has 0 saturated heterocycles. The van der Waals surface area contributed by atoms with Gasteiger partial charge in [-0.3, -0.25) is 0 Å². The van der Waals surface area contributed by atoms with E-state index in [4.69, 9.17) is 17.3 Å². The van der Waals surface area contributed by atoms with Gasteiger partial charge in [0.05, 0.1) is 21.4 Å². The first kappa shape index (κ1) is 16.2. The molecule has 19 heavy (non-hydrogen) atoms. The predicted octanol–water partition coefficient (Wildman–Crippen LogP) is 0.635. The predicted molar refractivity (Wildman–Crippen MR) is 75.4 cm³/mol. The summed E-state index contributed by atoms with van der Waals surface area (Å²) in [4.78, 5) is -0.00828. The van der Waals surface area contributed by atoms with E-state index in [1.165, 1.54) is 18.2 Å². The Bertz CT molecular complexity index is 656. The van der Waals surface area contributed by atoms with Crippen molar-refractivity contribution in [3.8, 4) is 0 Å². The van der Waals surface area contributed by atoms with Gasteiger partial charge in [-0.05, 0) is 24.6 Å². The molecule has 0 aromatic heterocycles. The third kappa shape index (κ3) is 5.35. The summed E-state index contributed by atoms with van der Waals surface area (Å²) in [6.45, 7) is 0.0391. The average molecular weight is 327 g/mol. The van der Waals surface area contributed by atoms with Crippen LogP contribution in [-0.4, -0.2) is 35.4 Å². The maximum absolute atomic E-state index is 11.9. The summed E-state index contributed by atoms with van der Waals surface area (Å²) in [6, 6.07) is 3.98. The summed E-state index contributed by atoms with van der Waals surface area (Å²) in [5, 5.41) is 0.152. The highest BCUT2D eigenvalue weighted by Crippen LogP contribution is 2.22. The van der Waals surface area contributed by atoms with E-state index in [1.54, 1.807) is 0 Å². The normalized spacial score (nSPS) is 12.5. The molecule has 0 aliphatic carbocycles. The van der Waals surface area contributed by atoms with Crippen LogP contribution in [0, 0.1) is 0 Å². The minimum atomic E-state index is -3.70. The summed E-state index contributed by atoms with van der Waals surface area (Å²) in [5.74, 6) is -0.0714. The van der Waals surface area contributed by atoms with Gasteiger partial charge in [-0.15, -0.1) is 0 Å². The topological polar surface area (TPSA) is 106 Å². The van der Waals surface area contributed by atoms with Gasteiger partial charge in [-0.2, -0.15) is 0 Å². The van der Waals surface area contributed by atoms with Crippen LogP contribution in [0.1, 0.15) is 6.42 Å². The van der Waals surface area contributed by atoms with Crippen molar-refractivity contribution in [3.63, 3.8) is 0 Å². The van der Waals surface area contributed by atoms with E-state index in [0.717, 1.165) is 6.26 Å². The summed E-state index contributed by atoms with van der Waals surface area (Å²) in [5.41, 5.74) is 5.78. The molecule has 9 heteroatoms. The van der Waals surface area contributed by atoms with Gasteiger partial charge in [0.1, 0.15) is 9.84 Å². The zero-order valence-corrected chi connectivity index (χ0v) is 12.6. The molecule has 0 amide bonds. The third-order valence-electron chi connectivity index (χ3n) is 2.27. The second-order valence-electron chi connectivity index (χ2n) is 4.06. The van der Waals surface area contributed by atoms with Gasteiger partial charge < -0.3 is 5.73 Å². The van der Waals surface area contributed by atoms with Crippen LogP contribution in [0.5, 0.6) is 0 Å². The number of nitrogens with two attached hydrogens (primary N) is 1. The van der Waals surface area contributed by atoms with Gasteiger partial charge in [0.25, 0.3) is 0 Å². The lowest BCUT2D eigenvalue weighted by molar-refractivity contribution is 0.577. The molecule has 0 aliphatic rings. The zero-order valence-electron chi connectivity index (χ0n) is 10.3. The van der Waals surface area contributed by atoms with Crippen LogP contribution < -0.4 is 10.5 Å². The molecule has 1 aromatic rings. The Kier molecular flexibility index (Phi) is 5.19. The van der Waals surface area contributed by atoms with Gasteiger partial charge in [0.2, 0.25) is 10.0 Å². The molecule has 6 nitrogen and oxygen atoms in total. The first-order valence-corrected chi connectivity index (χ1v) is 9.26. The highest BCUT2D eigenvalue weighted by atomic mass is 35.5. The van der Waals surface area contributed by atoms with Crippen molar-refractivity contribution in [2.24, 2.45) is 0 Å². The molecule has 0 spiro atoms. The first-order valence-electron chi connectivity index (χ1n) is 5.34. The summed E-state index contributed by atoms with van der Waals surface area (Å²) >= 11 is 5.74. The van der Waals surface area contributed by atoms with Gasteiger partial charge >= 0.3 is 0 Å². The van der Waals surface area contributed by atoms with Crippen LogP contribution in [0.4, 0.5) is 5.69 Å². The number of hydrogen-bond donors (Lipinski definition) is 2. The summed E-state index contributed by atoms with van der Waals surface area (Å²) < 4.78 is 47.8.